The number of nitrogens with zero attached hydrogens (tertiary/aromatic N) is 2. The maximum absolute atomic E-state index is 13.0. The van der Waals surface area contributed by atoms with E-state index in [0.717, 1.165) is 22.3 Å². The summed E-state index contributed by atoms with van der Waals surface area (Å²) in [6.45, 7) is 0. The number of methoxy groups -OCH3 is 1. The van der Waals surface area contributed by atoms with Gasteiger partial charge in [0.1, 0.15) is 5.82 Å². The van der Waals surface area contributed by atoms with Gasteiger partial charge in [0, 0.05) is 13.5 Å². The average molecular weight is 451 g/mol. The Morgan fingerprint density at radius 1 is 1.17 bits per heavy atom. The summed E-state index contributed by atoms with van der Waals surface area (Å²) < 4.78 is 44.7. The molecule has 0 radical (unpaired) electrons. The molecule has 0 aliphatic rings. The number of sulfone groups is 1. The van der Waals surface area contributed by atoms with Crippen molar-refractivity contribution in [3.05, 3.63) is 58.6 Å². The Labute approximate surface area is 176 Å². The lowest BCUT2D eigenvalue weighted by Crippen LogP contribution is -2.14. The zero-order valence-electron chi connectivity index (χ0n) is 16.3. The number of esters is 1. The van der Waals surface area contributed by atoms with Crippen LogP contribution in [-0.4, -0.2) is 37.7 Å². The molecule has 0 fully saturated rings. The Balaban J connectivity index is 1.71. The minimum atomic E-state index is -3.60. The molecule has 7 nitrogen and oxygen atoms in total. The quantitative estimate of drug-likeness (QED) is 0.425. The van der Waals surface area contributed by atoms with Crippen molar-refractivity contribution in [3.63, 3.8) is 0 Å². The van der Waals surface area contributed by atoms with Crippen LogP contribution in [0, 0.1) is 5.82 Å². The van der Waals surface area contributed by atoms with Gasteiger partial charge in [0.15, 0.2) is 14.6 Å². The highest BCUT2D eigenvalue weighted by molar-refractivity contribution is 7.91. The van der Waals surface area contributed by atoms with Crippen LogP contribution in [0.15, 0.2) is 52.4 Å². The average Bonchev–Trinajstić information content (AvgIpc) is 3.02. The first kappa shape index (κ1) is 21.8. The van der Waals surface area contributed by atoms with Gasteiger partial charge in [0.2, 0.25) is 5.91 Å². The summed E-state index contributed by atoms with van der Waals surface area (Å²) in [7, 11) is -0.543. The van der Waals surface area contributed by atoms with E-state index >= 15 is 0 Å². The summed E-state index contributed by atoms with van der Waals surface area (Å²) in [5, 5.41) is 0. The van der Waals surface area contributed by atoms with Crippen LogP contribution in [0.1, 0.15) is 23.2 Å². The predicted molar refractivity (Wildman–Crippen MR) is 110 cm³/mol. The van der Waals surface area contributed by atoms with E-state index in [0.29, 0.717) is 10.4 Å². The van der Waals surface area contributed by atoms with Crippen molar-refractivity contribution in [2.24, 2.45) is 12.0 Å². The number of rotatable bonds is 6. The van der Waals surface area contributed by atoms with Gasteiger partial charge >= 0.3 is 5.97 Å². The van der Waals surface area contributed by atoms with Crippen molar-refractivity contribution in [2.45, 2.75) is 17.7 Å². The lowest BCUT2D eigenvalue weighted by Gasteiger charge is -2.03. The van der Waals surface area contributed by atoms with Gasteiger partial charge in [0.05, 0.1) is 33.5 Å². The highest BCUT2D eigenvalue weighted by atomic mass is 32.2. The summed E-state index contributed by atoms with van der Waals surface area (Å²) >= 11 is 1.25. The van der Waals surface area contributed by atoms with Gasteiger partial charge in [-0.05, 0) is 48.9 Å². The molecule has 3 rings (SSSR count). The Kier molecular flexibility index (Phi) is 6.47. The molecule has 1 amide bonds. The van der Waals surface area contributed by atoms with E-state index in [4.69, 9.17) is 4.74 Å². The van der Waals surface area contributed by atoms with Crippen LogP contribution < -0.4 is 4.80 Å². The molecule has 30 heavy (non-hydrogen) atoms. The molecular formula is C20H19FN2O5S2. The number of fused-ring (bicyclic) bond motifs is 1. The topological polar surface area (TPSA) is 94.8 Å². The maximum Gasteiger partial charge on any atom is 0.337 e. The lowest BCUT2D eigenvalue weighted by molar-refractivity contribution is -0.118. The number of halogens is 1. The highest BCUT2D eigenvalue weighted by Gasteiger charge is 2.15. The van der Waals surface area contributed by atoms with Gasteiger partial charge in [-0.2, -0.15) is 4.99 Å². The van der Waals surface area contributed by atoms with E-state index < -0.39 is 27.5 Å². The van der Waals surface area contributed by atoms with Crippen molar-refractivity contribution in [3.8, 4) is 0 Å². The first-order valence-corrected chi connectivity index (χ1v) is 11.4. The normalized spacial score (nSPS) is 12.3. The predicted octanol–water partition coefficient (Wildman–Crippen LogP) is 2.85. The molecule has 1 heterocycles. The van der Waals surface area contributed by atoms with Crippen molar-refractivity contribution >= 4 is 43.3 Å². The molecule has 0 unspecified atom stereocenters. The largest absolute Gasteiger partial charge is 0.465 e. The first-order valence-electron chi connectivity index (χ1n) is 8.95. The number of thiazole rings is 1. The fraction of sp³-hybridized carbons (Fsp3) is 0.250. The molecule has 2 aromatic carbocycles. The lowest BCUT2D eigenvalue weighted by atomic mass is 10.2. The van der Waals surface area contributed by atoms with Gasteiger partial charge in [-0.3, -0.25) is 4.79 Å². The molecule has 10 heteroatoms. The number of ether oxygens (including phenoxy) is 1. The van der Waals surface area contributed by atoms with Crippen molar-refractivity contribution < 1.29 is 27.1 Å². The molecule has 0 saturated heterocycles. The number of carbonyl (C=O) groups is 2. The van der Waals surface area contributed by atoms with Gasteiger partial charge in [-0.1, -0.05) is 11.3 Å². The fourth-order valence-corrected chi connectivity index (χ4v) is 5.21. The van der Waals surface area contributed by atoms with E-state index in [1.807, 2.05) is 0 Å². The second kappa shape index (κ2) is 8.88. The van der Waals surface area contributed by atoms with Crippen LogP contribution in [0.3, 0.4) is 0 Å². The van der Waals surface area contributed by atoms with Crippen LogP contribution in [0.2, 0.25) is 0 Å². The number of amides is 1. The summed E-state index contributed by atoms with van der Waals surface area (Å²) in [4.78, 5) is 28.5. The first-order chi connectivity index (χ1) is 14.2. The summed E-state index contributed by atoms with van der Waals surface area (Å²) in [5.41, 5.74) is 1.20. The Hall–Kier alpha value is -2.85. The number of benzene rings is 2. The Morgan fingerprint density at radius 3 is 2.53 bits per heavy atom. The zero-order valence-corrected chi connectivity index (χ0v) is 17.9. The van der Waals surface area contributed by atoms with Crippen molar-refractivity contribution in [2.75, 3.05) is 12.9 Å². The second-order valence-electron chi connectivity index (χ2n) is 6.50. The van der Waals surface area contributed by atoms with Gasteiger partial charge in [0.25, 0.3) is 0 Å². The van der Waals surface area contributed by atoms with E-state index in [9.17, 15) is 22.4 Å². The van der Waals surface area contributed by atoms with Crippen LogP contribution in [-0.2, 0) is 26.4 Å². The molecular weight excluding hydrogens is 431 g/mol. The van der Waals surface area contributed by atoms with Crippen LogP contribution in [0.25, 0.3) is 10.2 Å². The molecule has 0 aliphatic heterocycles. The van der Waals surface area contributed by atoms with Crippen molar-refractivity contribution in [1.82, 2.24) is 4.57 Å². The van der Waals surface area contributed by atoms with Gasteiger partial charge in [-0.15, -0.1) is 0 Å². The number of aryl methyl sites for hydroxylation is 1. The van der Waals surface area contributed by atoms with Gasteiger partial charge in [-0.25, -0.2) is 17.6 Å². The molecule has 0 spiro atoms. The van der Waals surface area contributed by atoms with E-state index in [1.165, 1.54) is 30.6 Å². The van der Waals surface area contributed by atoms with E-state index in [-0.39, 0.29) is 23.5 Å². The number of carbonyl (C=O) groups excluding carboxylic acids is 2. The number of hydrogen-bond acceptors (Lipinski definition) is 6. The maximum atomic E-state index is 13.0. The standard InChI is InChI=1S/C20H19FN2O5S2/c1-23-16-10-5-13(19(25)28-2)12-17(16)29-20(23)22-18(24)4-3-11-30(26,27)15-8-6-14(21)7-9-15/h5-10,12H,3-4,11H2,1-2H3. The summed E-state index contributed by atoms with van der Waals surface area (Å²) in [6.07, 6.45) is 0.0607. The van der Waals surface area contributed by atoms with E-state index in [2.05, 4.69) is 4.99 Å². The summed E-state index contributed by atoms with van der Waals surface area (Å²) in [5.74, 6) is -1.65. The molecule has 3 aromatic rings. The minimum Gasteiger partial charge on any atom is -0.465 e. The third-order valence-corrected chi connectivity index (χ3v) is 7.34. The van der Waals surface area contributed by atoms with Gasteiger partial charge < -0.3 is 9.30 Å². The van der Waals surface area contributed by atoms with Crippen molar-refractivity contribution in [1.29, 1.82) is 0 Å². The number of hydrogen-bond donors (Lipinski definition) is 0. The van der Waals surface area contributed by atoms with Crippen LogP contribution in [0.4, 0.5) is 4.39 Å². The SMILES string of the molecule is COC(=O)c1ccc2c(c1)sc(=NC(=O)CCCS(=O)(=O)c1ccc(F)cc1)n2C. The Bertz CT molecular complexity index is 1270. The number of aromatic nitrogens is 1. The fourth-order valence-electron chi connectivity index (χ4n) is 2.82. The molecule has 0 aliphatic carbocycles. The third-order valence-electron chi connectivity index (χ3n) is 4.43. The second-order valence-corrected chi connectivity index (χ2v) is 9.62. The third kappa shape index (κ3) is 4.82. The minimum absolute atomic E-state index is 0.0191. The molecule has 1 aromatic heterocycles. The van der Waals surface area contributed by atoms with Crippen LogP contribution >= 0.6 is 11.3 Å². The van der Waals surface area contributed by atoms with Crippen LogP contribution in [0.5, 0.6) is 0 Å². The smallest absolute Gasteiger partial charge is 0.337 e. The zero-order chi connectivity index (χ0) is 21.9. The summed E-state index contributed by atoms with van der Waals surface area (Å²) in [6, 6.07) is 9.63. The highest BCUT2D eigenvalue weighted by Crippen LogP contribution is 2.19. The molecule has 0 atom stereocenters. The monoisotopic (exact) mass is 450 g/mol. The Morgan fingerprint density at radius 2 is 1.87 bits per heavy atom. The molecule has 0 saturated carbocycles. The van der Waals surface area contributed by atoms with E-state index in [1.54, 1.807) is 29.8 Å². The molecule has 0 N–H and O–H groups in total. The molecule has 0 bridgehead atoms. The molecule has 158 valence electrons.